The van der Waals surface area contributed by atoms with Crippen molar-refractivity contribution < 1.29 is 28.7 Å². The molecule has 0 aliphatic carbocycles. The summed E-state index contributed by atoms with van der Waals surface area (Å²) >= 11 is 0. The average molecular weight is 479 g/mol. The second-order valence-corrected chi connectivity index (χ2v) is 8.85. The SMILES string of the molecule is COc1cc2c(cc1OC)CN(C(=O)Nc1ccc3c(c1)CN(C1CCC(=O)NC1=O)C3=O)CC2. The first-order valence-corrected chi connectivity index (χ1v) is 11.4. The largest absolute Gasteiger partial charge is 0.493 e. The number of nitrogens with zero attached hydrogens (tertiary/aromatic N) is 2. The number of urea groups is 1. The molecule has 1 fully saturated rings. The van der Waals surface area contributed by atoms with Crippen LogP contribution >= 0.6 is 0 Å². The summed E-state index contributed by atoms with van der Waals surface area (Å²) in [5.74, 6) is 0.277. The number of ether oxygens (including phenoxy) is 2. The highest BCUT2D eigenvalue weighted by Crippen LogP contribution is 2.34. The predicted molar refractivity (Wildman–Crippen MR) is 125 cm³/mol. The summed E-state index contributed by atoms with van der Waals surface area (Å²) in [6.45, 7) is 1.25. The fourth-order valence-electron chi connectivity index (χ4n) is 4.91. The number of fused-ring (bicyclic) bond motifs is 2. The molecule has 1 saturated heterocycles. The summed E-state index contributed by atoms with van der Waals surface area (Å²) in [5, 5.41) is 5.22. The van der Waals surface area contributed by atoms with Gasteiger partial charge in [-0.25, -0.2) is 4.79 Å². The first-order chi connectivity index (χ1) is 16.9. The number of carbonyl (C=O) groups is 4. The van der Waals surface area contributed by atoms with E-state index in [-0.39, 0.29) is 30.8 Å². The first-order valence-electron chi connectivity index (χ1n) is 11.4. The minimum atomic E-state index is -0.672. The lowest BCUT2D eigenvalue weighted by molar-refractivity contribution is -0.136. The molecule has 0 bridgehead atoms. The van der Waals surface area contributed by atoms with E-state index < -0.39 is 11.9 Å². The van der Waals surface area contributed by atoms with Gasteiger partial charge >= 0.3 is 6.03 Å². The average Bonchev–Trinajstić information content (AvgIpc) is 3.18. The topological polar surface area (TPSA) is 117 Å². The molecule has 2 N–H and O–H groups in total. The number of rotatable bonds is 4. The van der Waals surface area contributed by atoms with Crippen molar-refractivity contribution in [2.24, 2.45) is 0 Å². The maximum atomic E-state index is 13.0. The van der Waals surface area contributed by atoms with E-state index >= 15 is 0 Å². The molecular weight excluding hydrogens is 452 g/mol. The lowest BCUT2D eigenvalue weighted by Crippen LogP contribution is -2.52. The van der Waals surface area contributed by atoms with E-state index in [2.05, 4.69) is 10.6 Å². The minimum absolute atomic E-state index is 0.204. The maximum Gasteiger partial charge on any atom is 0.322 e. The molecule has 3 aliphatic rings. The molecule has 182 valence electrons. The van der Waals surface area contributed by atoms with Crippen LogP contribution in [0.2, 0.25) is 0 Å². The normalized spacial score (nSPS) is 19.1. The fourth-order valence-corrected chi connectivity index (χ4v) is 4.91. The number of imide groups is 1. The molecule has 1 atom stereocenters. The third-order valence-corrected chi connectivity index (χ3v) is 6.78. The smallest absolute Gasteiger partial charge is 0.322 e. The molecule has 2 aromatic rings. The van der Waals surface area contributed by atoms with Gasteiger partial charge in [0, 0.05) is 37.3 Å². The highest BCUT2D eigenvalue weighted by atomic mass is 16.5. The molecule has 35 heavy (non-hydrogen) atoms. The Kier molecular flexibility index (Phi) is 5.80. The molecule has 10 heteroatoms. The number of nitrogens with one attached hydrogen (secondary N) is 2. The summed E-state index contributed by atoms with van der Waals surface area (Å²) in [4.78, 5) is 52.8. The van der Waals surface area contributed by atoms with Crippen molar-refractivity contribution in [1.29, 1.82) is 0 Å². The van der Waals surface area contributed by atoms with Crippen LogP contribution < -0.4 is 20.1 Å². The zero-order valence-corrected chi connectivity index (χ0v) is 19.6. The van der Waals surface area contributed by atoms with Gasteiger partial charge in [0.05, 0.1) is 14.2 Å². The van der Waals surface area contributed by atoms with Crippen molar-refractivity contribution in [2.75, 3.05) is 26.1 Å². The van der Waals surface area contributed by atoms with Crippen LogP contribution in [0, 0.1) is 0 Å². The van der Waals surface area contributed by atoms with E-state index in [1.165, 1.54) is 4.90 Å². The quantitative estimate of drug-likeness (QED) is 0.650. The van der Waals surface area contributed by atoms with Crippen LogP contribution in [0.25, 0.3) is 0 Å². The number of amides is 5. The van der Waals surface area contributed by atoms with Gasteiger partial charge in [0.25, 0.3) is 5.91 Å². The Labute approximate surface area is 202 Å². The minimum Gasteiger partial charge on any atom is -0.493 e. The summed E-state index contributed by atoms with van der Waals surface area (Å²) in [7, 11) is 3.18. The first kappa shape index (κ1) is 22.7. The van der Waals surface area contributed by atoms with Crippen LogP contribution in [0.3, 0.4) is 0 Å². The van der Waals surface area contributed by atoms with Gasteiger partial charge in [-0.1, -0.05) is 0 Å². The van der Waals surface area contributed by atoms with Crippen molar-refractivity contribution >= 4 is 29.4 Å². The molecule has 1 unspecified atom stereocenters. The van der Waals surface area contributed by atoms with Gasteiger partial charge in [-0.15, -0.1) is 0 Å². The van der Waals surface area contributed by atoms with Crippen LogP contribution in [0.1, 0.15) is 39.9 Å². The Hall–Kier alpha value is -4.08. The number of carbonyl (C=O) groups excluding carboxylic acids is 4. The number of piperidine rings is 1. The Morgan fingerprint density at radius 1 is 0.971 bits per heavy atom. The molecule has 0 radical (unpaired) electrons. The summed E-state index contributed by atoms with van der Waals surface area (Å²) in [5.41, 5.74) is 3.93. The molecule has 5 amide bonds. The summed E-state index contributed by atoms with van der Waals surface area (Å²) < 4.78 is 10.8. The Morgan fingerprint density at radius 2 is 1.71 bits per heavy atom. The van der Waals surface area contributed by atoms with Gasteiger partial charge in [-0.05, 0) is 59.9 Å². The van der Waals surface area contributed by atoms with E-state index in [0.717, 1.165) is 16.7 Å². The maximum absolute atomic E-state index is 13.0. The third-order valence-electron chi connectivity index (χ3n) is 6.78. The van der Waals surface area contributed by atoms with E-state index in [1.807, 2.05) is 12.1 Å². The number of hydrogen-bond donors (Lipinski definition) is 2. The summed E-state index contributed by atoms with van der Waals surface area (Å²) in [6.07, 6.45) is 1.21. The van der Waals surface area contributed by atoms with Gasteiger partial charge in [-0.2, -0.15) is 0 Å². The molecule has 10 nitrogen and oxygen atoms in total. The van der Waals surface area contributed by atoms with E-state index in [9.17, 15) is 19.2 Å². The van der Waals surface area contributed by atoms with Crippen LogP contribution in [0.4, 0.5) is 10.5 Å². The molecule has 3 aliphatic heterocycles. The molecule has 5 rings (SSSR count). The summed E-state index contributed by atoms with van der Waals surface area (Å²) in [6, 6.07) is 8.07. The Morgan fingerprint density at radius 3 is 2.43 bits per heavy atom. The fraction of sp³-hybridized carbons (Fsp3) is 0.360. The van der Waals surface area contributed by atoms with Crippen LogP contribution in [-0.2, 0) is 29.1 Å². The van der Waals surface area contributed by atoms with Gasteiger partial charge in [0.15, 0.2) is 11.5 Å². The number of anilines is 1. The van der Waals surface area contributed by atoms with Crippen LogP contribution in [0.5, 0.6) is 11.5 Å². The second kappa shape index (κ2) is 8.94. The number of benzene rings is 2. The Bertz CT molecular complexity index is 1240. The van der Waals surface area contributed by atoms with Crippen molar-refractivity contribution in [1.82, 2.24) is 15.1 Å². The van der Waals surface area contributed by atoms with Gasteiger partial charge in [-0.3, -0.25) is 19.7 Å². The van der Waals surface area contributed by atoms with Gasteiger partial charge in [0.1, 0.15) is 6.04 Å². The monoisotopic (exact) mass is 478 g/mol. The van der Waals surface area contributed by atoms with E-state index in [4.69, 9.17) is 9.47 Å². The molecule has 0 aromatic heterocycles. The van der Waals surface area contributed by atoms with Gasteiger partial charge < -0.3 is 24.6 Å². The third kappa shape index (κ3) is 4.16. The molecule has 2 aromatic carbocycles. The zero-order chi connectivity index (χ0) is 24.7. The van der Waals surface area contributed by atoms with Crippen molar-refractivity contribution in [2.45, 2.75) is 38.4 Å². The number of hydrogen-bond acceptors (Lipinski definition) is 6. The van der Waals surface area contributed by atoms with Crippen molar-refractivity contribution in [3.8, 4) is 11.5 Å². The van der Waals surface area contributed by atoms with Crippen LogP contribution in [0.15, 0.2) is 30.3 Å². The van der Waals surface area contributed by atoms with E-state index in [1.54, 1.807) is 37.3 Å². The molecule has 0 spiro atoms. The Balaban J connectivity index is 1.27. The zero-order valence-electron chi connectivity index (χ0n) is 19.6. The number of methoxy groups -OCH3 is 2. The van der Waals surface area contributed by atoms with Crippen molar-refractivity contribution in [3.05, 3.63) is 52.6 Å². The molecule has 3 heterocycles. The lowest BCUT2D eigenvalue weighted by Gasteiger charge is -2.29. The van der Waals surface area contributed by atoms with Gasteiger partial charge in [0.2, 0.25) is 11.8 Å². The molecular formula is C25H26N4O6. The van der Waals surface area contributed by atoms with Crippen molar-refractivity contribution in [3.63, 3.8) is 0 Å². The lowest BCUT2D eigenvalue weighted by atomic mass is 9.99. The highest BCUT2D eigenvalue weighted by Gasteiger charge is 2.39. The second-order valence-electron chi connectivity index (χ2n) is 8.85. The van der Waals surface area contributed by atoms with E-state index in [0.29, 0.717) is 48.7 Å². The molecule has 0 saturated carbocycles. The standard InChI is InChI=1S/C25H26N4O6/c1-34-20-10-14-7-8-28(12-15(14)11-21(20)35-2)25(33)26-17-3-4-18-16(9-17)13-29(24(18)32)19-5-6-22(30)27-23(19)31/h3-4,9-11,19H,5-8,12-13H2,1-2H3,(H,26,33)(H,27,30,31). The predicted octanol–water partition coefficient (Wildman–Crippen LogP) is 2.05. The highest BCUT2D eigenvalue weighted by molar-refractivity contribution is 6.05. The van der Waals surface area contributed by atoms with Crippen LogP contribution in [-0.4, -0.2) is 60.4 Å².